The number of ketones is 1. The molecule has 0 radical (unpaired) electrons. The fourth-order valence-corrected chi connectivity index (χ4v) is 2.81. The summed E-state index contributed by atoms with van der Waals surface area (Å²) < 4.78 is 0. The van der Waals surface area contributed by atoms with E-state index in [1.807, 2.05) is 0 Å². The largest absolute Gasteiger partial charge is 0.347 e. The maximum absolute atomic E-state index is 11.7. The third-order valence-electron chi connectivity index (χ3n) is 2.69. The average molecular weight is 339 g/mol. The van der Waals surface area contributed by atoms with E-state index in [0.29, 0.717) is 30.1 Å². The monoisotopic (exact) mass is 338 g/mol. The maximum atomic E-state index is 11.7. The lowest BCUT2D eigenvalue weighted by molar-refractivity contribution is -0.127. The number of carbonyl (C=O) groups excluding carboxylic acids is 3. The van der Waals surface area contributed by atoms with Crippen LogP contribution in [0.15, 0.2) is 0 Å². The molecule has 20 heavy (non-hydrogen) atoms. The van der Waals surface area contributed by atoms with Crippen LogP contribution in [0.4, 0.5) is 0 Å². The van der Waals surface area contributed by atoms with Crippen molar-refractivity contribution in [1.29, 1.82) is 0 Å². The minimum Gasteiger partial charge on any atom is -0.347 e. The summed E-state index contributed by atoms with van der Waals surface area (Å²) in [5.41, 5.74) is -0.578. The number of Topliss-reactive ketones (excluding diaryl/α,β-unsaturated/α-hetero) is 1. The Bertz CT molecular complexity index is 339. The van der Waals surface area contributed by atoms with Crippen LogP contribution >= 0.6 is 37.9 Å². The number of nitrogens with one attached hydrogen (secondary N) is 2. The first kappa shape index (κ1) is 19.7. The van der Waals surface area contributed by atoms with Crippen molar-refractivity contribution in [2.75, 3.05) is 23.8 Å². The van der Waals surface area contributed by atoms with Crippen molar-refractivity contribution in [2.45, 2.75) is 31.7 Å². The average Bonchev–Trinajstić information content (AvgIpc) is 2.42. The molecule has 0 spiro atoms. The smallest absolute Gasteiger partial charge is 0.239 e. The van der Waals surface area contributed by atoms with Crippen LogP contribution in [0.3, 0.4) is 0 Å². The molecule has 0 heterocycles. The molecule has 0 aromatic rings. The summed E-state index contributed by atoms with van der Waals surface area (Å²) in [5, 5.41) is 5.29. The molecule has 0 aliphatic heterocycles. The van der Waals surface area contributed by atoms with Gasteiger partial charge in [-0.2, -0.15) is 37.9 Å². The van der Waals surface area contributed by atoms with Crippen LogP contribution < -0.4 is 10.6 Å². The predicted molar refractivity (Wildman–Crippen MR) is 90.0 cm³/mol. The number of amides is 2. The Morgan fingerprint density at radius 1 is 0.950 bits per heavy atom. The Labute approximate surface area is 136 Å². The first-order valence-corrected chi connectivity index (χ1v) is 8.18. The van der Waals surface area contributed by atoms with Gasteiger partial charge in [0.1, 0.15) is 5.78 Å². The molecule has 2 N–H and O–H groups in total. The molecule has 116 valence electrons. The minimum atomic E-state index is -0.578. The van der Waals surface area contributed by atoms with E-state index >= 15 is 0 Å². The number of rotatable bonds is 10. The van der Waals surface area contributed by atoms with E-state index in [2.05, 4.69) is 48.5 Å². The quantitative estimate of drug-likeness (QED) is 0.377. The summed E-state index contributed by atoms with van der Waals surface area (Å²) in [5.74, 6) is 0.753. The van der Waals surface area contributed by atoms with Gasteiger partial charge in [0, 0.05) is 30.1 Å². The zero-order valence-electron chi connectivity index (χ0n) is 11.5. The fourth-order valence-electron chi connectivity index (χ4n) is 1.37. The molecule has 0 aromatic heterocycles. The van der Waals surface area contributed by atoms with Gasteiger partial charge in [-0.3, -0.25) is 9.59 Å². The molecule has 0 fully saturated rings. The molecule has 0 atom stereocenters. The minimum absolute atomic E-state index is 0.0525. The maximum Gasteiger partial charge on any atom is 0.239 e. The van der Waals surface area contributed by atoms with E-state index in [1.54, 1.807) is 0 Å². The van der Waals surface area contributed by atoms with Crippen LogP contribution in [0, 0.1) is 0 Å². The first-order chi connectivity index (χ1) is 9.39. The molecular formula is C12H22N2O3S3. The van der Waals surface area contributed by atoms with Crippen molar-refractivity contribution in [3.8, 4) is 0 Å². The Kier molecular flexibility index (Phi) is 10.2. The van der Waals surface area contributed by atoms with E-state index in [-0.39, 0.29) is 30.6 Å². The highest BCUT2D eigenvalue weighted by Crippen LogP contribution is 2.11. The van der Waals surface area contributed by atoms with Crippen molar-refractivity contribution >= 4 is 55.5 Å². The normalized spacial score (nSPS) is 11.0. The van der Waals surface area contributed by atoms with Crippen LogP contribution in [-0.4, -0.2) is 46.9 Å². The molecule has 0 bridgehead atoms. The van der Waals surface area contributed by atoms with E-state index in [9.17, 15) is 14.4 Å². The number of carbonyl (C=O) groups is 3. The molecule has 0 aliphatic rings. The van der Waals surface area contributed by atoms with E-state index in [0.717, 1.165) is 0 Å². The van der Waals surface area contributed by atoms with Gasteiger partial charge in [0.05, 0.1) is 12.1 Å². The second kappa shape index (κ2) is 10.4. The Balaban J connectivity index is 4.03. The van der Waals surface area contributed by atoms with Crippen molar-refractivity contribution in [3.05, 3.63) is 0 Å². The molecule has 5 nitrogen and oxygen atoms in total. The van der Waals surface area contributed by atoms with Crippen LogP contribution in [0.5, 0.6) is 0 Å². The van der Waals surface area contributed by atoms with Crippen LogP contribution in [0.25, 0.3) is 0 Å². The van der Waals surface area contributed by atoms with Gasteiger partial charge < -0.3 is 15.4 Å². The molecule has 0 saturated heterocycles. The van der Waals surface area contributed by atoms with Gasteiger partial charge in [0.15, 0.2) is 0 Å². The SMILES string of the molecule is CC(=O)CCCC(=O)NCC(=O)NC(CS)(CS)CS. The Morgan fingerprint density at radius 3 is 1.95 bits per heavy atom. The van der Waals surface area contributed by atoms with Gasteiger partial charge in [-0.25, -0.2) is 0 Å². The molecule has 8 heteroatoms. The number of thiol groups is 3. The van der Waals surface area contributed by atoms with Gasteiger partial charge in [-0.15, -0.1) is 0 Å². The summed E-state index contributed by atoms with van der Waals surface area (Å²) in [6.07, 6.45) is 1.11. The molecular weight excluding hydrogens is 316 g/mol. The topological polar surface area (TPSA) is 75.3 Å². The Morgan fingerprint density at radius 2 is 1.50 bits per heavy atom. The van der Waals surface area contributed by atoms with Crippen molar-refractivity contribution in [2.24, 2.45) is 0 Å². The van der Waals surface area contributed by atoms with E-state index < -0.39 is 5.54 Å². The molecule has 0 unspecified atom stereocenters. The molecule has 0 aliphatic carbocycles. The van der Waals surface area contributed by atoms with E-state index in [1.165, 1.54) is 6.92 Å². The number of hydrogen-bond donors (Lipinski definition) is 5. The molecule has 0 aromatic carbocycles. The second-order valence-corrected chi connectivity index (χ2v) is 5.58. The number of hydrogen-bond acceptors (Lipinski definition) is 6. The second-order valence-electron chi connectivity index (χ2n) is 4.64. The summed E-state index contributed by atoms with van der Waals surface area (Å²) >= 11 is 12.5. The lowest BCUT2D eigenvalue weighted by Crippen LogP contribution is -2.55. The van der Waals surface area contributed by atoms with Crippen LogP contribution in [0.2, 0.25) is 0 Å². The van der Waals surface area contributed by atoms with Gasteiger partial charge in [0.2, 0.25) is 11.8 Å². The zero-order chi connectivity index (χ0) is 15.6. The van der Waals surface area contributed by atoms with E-state index in [4.69, 9.17) is 0 Å². The van der Waals surface area contributed by atoms with Crippen LogP contribution in [0.1, 0.15) is 26.2 Å². The molecule has 0 rings (SSSR count). The Hall–Kier alpha value is -0.340. The lowest BCUT2D eigenvalue weighted by Gasteiger charge is -2.30. The van der Waals surface area contributed by atoms with Gasteiger partial charge in [-0.05, 0) is 13.3 Å². The third-order valence-corrected chi connectivity index (χ3v) is 4.51. The summed E-state index contributed by atoms with van der Waals surface area (Å²) in [7, 11) is 0. The van der Waals surface area contributed by atoms with Gasteiger partial charge in [-0.1, -0.05) is 0 Å². The first-order valence-electron chi connectivity index (χ1n) is 6.29. The fraction of sp³-hybridized carbons (Fsp3) is 0.750. The highest BCUT2D eigenvalue weighted by Gasteiger charge is 2.27. The standard InChI is InChI=1S/C12H22N2O3S3/c1-9(15)3-2-4-10(16)13-5-11(17)14-12(6-18,7-19)8-20/h18-20H,2-8H2,1H3,(H,13,16)(H,14,17). The summed E-state index contributed by atoms with van der Waals surface area (Å²) in [6, 6.07) is 0. The lowest BCUT2D eigenvalue weighted by atomic mass is 10.1. The van der Waals surface area contributed by atoms with Crippen LogP contribution in [-0.2, 0) is 14.4 Å². The molecule has 2 amide bonds. The van der Waals surface area contributed by atoms with Crippen molar-refractivity contribution < 1.29 is 14.4 Å². The van der Waals surface area contributed by atoms with Gasteiger partial charge >= 0.3 is 0 Å². The predicted octanol–water partition coefficient (Wildman–Crippen LogP) is 0.506. The highest BCUT2D eigenvalue weighted by atomic mass is 32.1. The third kappa shape index (κ3) is 8.06. The van der Waals surface area contributed by atoms with Crippen molar-refractivity contribution in [1.82, 2.24) is 10.6 Å². The van der Waals surface area contributed by atoms with Gasteiger partial charge in [0.25, 0.3) is 0 Å². The summed E-state index contributed by atoms with van der Waals surface area (Å²) in [6.45, 7) is 1.38. The molecule has 0 saturated carbocycles. The highest BCUT2D eigenvalue weighted by molar-refractivity contribution is 7.82. The zero-order valence-corrected chi connectivity index (χ0v) is 14.2. The summed E-state index contributed by atoms with van der Waals surface area (Å²) in [4.78, 5) is 33.9. The van der Waals surface area contributed by atoms with Crippen molar-refractivity contribution in [3.63, 3.8) is 0 Å².